The molecule has 1 atom stereocenters. The lowest BCUT2D eigenvalue weighted by atomic mass is 10.1. The van der Waals surface area contributed by atoms with Crippen molar-refractivity contribution in [3.05, 3.63) is 28.3 Å². The number of nitrogens with one attached hydrogen (secondary N) is 1. The summed E-state index contributed by atoms with van der Waals surface area (Å²) >= 11 is 6.15. The van der Waals surface area contributed by atoms with Gasteiger partial charge in [0.15, 0.2) is 0 Å². The first-order valence-electron chi connectivity index (χ1n) is 6.85. The number of benzene rings is 1. The van der Waals surface area contributed by atoms with Crippen molar-refractivity contribution in [3.8, 4) is 5.75 Å². The Morgan fingerprint density at radius 2 is 2.30 bits per heavy atom. The van der Waals surface area contributed by atoms with Gasteiger partial charge in [-0.1, -0.05) is 18.5 Å². The highest BCUT2D eigenvalue weighted by Crippen LogP contribution is 2.33. The highest BCUT2D eigenvalue weighted by Gasteiger charge is 2.20. The summed E-state index contributed by atoms with van der Waals surface area (Å²) in [6, 6.07) is 3.92. The predicted octanol–water partition coefficient (Wildman–Crippen LogP) is 2.09. The topological polar surface area (TPSA) is 41.6 Å². The number of ether oxygens (including phenoxy) is 1. The number of amides is 1. The molecular weight excluding hydrogens is 276 g/mol. The Hall–Kier alpha value is -1.26. The highest BCUT2D eigenvalue weighted by atomic mass is 35.5. The van der Waals surface area contributed by atoms with Crippen molar-refractivity contribution < 1.29 is 9.53 Å². The molecule has 0 fully saturated rings. The molecule has 0 spiro atoms. The van der Waals surface area contributed by atoms with Crippen LogP contribution in [0.15, 0.2) is 12.1 Å². The number of rotatable bonds is 5. The first-order chi connectivity index (χ1) is 9.51. The zero-order valence-corrected chi connectivity index (χ0v) is 13.0. The second-order valence-electron chi connectivity index (χ2n) is 5.36. The van der Waals surface area contributed by atoms with Crippen molar-refractivity contribution in [2.45, 2.75) is 19.9 Å². The Morgan fingerprint density at radius 1 is 1.55 bits per heavy atom. The van der Waals surface area contributed by atoms with Gasteiger partial charge in [-0.05, 0) is 24.7 Å². The minimum Gasteiger partial charge on any atom is -0.493 e. The van der Waals surface area contributed by atoms with E-state index in [0.29, 0.717) is 6.54 Å². The largest absolute Gasteiger partial charge is 0.493 e. The maximum atomic E-state index is 11.6. The third-order valence-electron chi connectivity index (χ3n) is 3.55. The minimum atomic E-state index is -0.0434. The van der Waals surface area contributed by atoms with Gasteiger partial charge in [-0.2, -0.15) is 0 Å². The van der Waals surface area contributed by atoms with Crippen LogP contribution in [0.4, 0.5) is 0 Å². The van der Waals surface area contributed by atoms with Crippen molar-refractivity contribution in [1.29, 1.82) is 0 Å². The summed E-state index contributed by atoms with van der Waals surface area (Å²) in [4.78, 5) is 13.7. The van der Waals surface area contributed by atoms with E-state index in [9.17, 15) is 4.79 Å². The van der Waals surface area contributed by atoms with E-state index in [0.717, 1.165) is 35.9 Å². The number of halogens is 1. The molecule has 0 saturated heterocycles. The van der Waals surface area contributed by atoms with E-state index in [2.05, 4.69) is 10.2 Å². The van der Waals surface area contributed by atoms with Gasteiger partial charge in [-0.15, -0.1) is 0 Å². The molecule has 0 unspecified atom stereocenters. The zero-order chi connectivity index (χ0) is 14.7. The molecule has 1 N–H and O–H groups in total. The first kappa shape index (κ1) is 15.1. The van der Waals surface area contributed by atoms with Crippen LogP contribution in [0.1, 0.15) is 18.1 Å². The summed E-state index contributed by atoms with van der Waals surface area (Å²) in [6.07, 6.45) is 0.918. The molecule has 1 aliphatic heterocycles. The molecule has 1 aliphatic rings. The number of fused-ring (bicyclic) bond motifs is 1. The summed E-state index contributed by atoms with van der Waals surface area (Å²) in [6.45, 7) is 4.07. The van der Waals surface area contributed by atoms with Crippen molar-refractivity contribution in [1.82, 2.24) is 10.2 Å². The molecule has 0 aromatic heterocycles. The van der Waals surface area contributed by atoms with Gasteiger partial charge in [0.1, 0.15) is 5.75 Å². The lowest BCUT2D eigenvalue weighted by Gasteiger charge is -2.21. The molecule has 1 aromatic rings. The Kier molecular flexibility index (Phi) is 4.89. The standard InChI is InChI=1S/C15H21ClN2O2/c1-10(15(19)17-2)8-18(3)9-12-7-13(16)6-11-4-5-20-14(11)12/h6-7,10H,4-5,8-9H2,1-3H3,(H,17,19)/t10-/m1/s1. The fourth-order valence-electron chi connectivity index (χ4n) is 2.62. The SMILES string of the molecule is CNC(=O)[C@H](C)CN(C)Cc1cc(Cl)cc2c1OCC2. The fraction of sp³-hybridized carbons (Fsp3) is 0.533. The summed E-state index contributed by atoms with van der Waals surface area (Å²) in [5.41, 5.74) is 2.27. The number of hydrogen-bond donors (Lipinski definition) is 1. The summed E-state index contributed by atoms with van der Waals surface area (Å²) < 4.78 is 5.69. The normalized spacial score (nSPS) is 14.8. The molecule has 0 bridgehead atoms. The monoisotopic (exact) mass is 296 g/mol. The molecule has 20 heavy (non-hydrogen) atoms. The van der Waals surface area contributed by atoms with Crippen LogP contribution in [0.5, 0.6) is 5.75 Å². The van der Waals surface area contributed by atoms with Crippen molar-refractivity contribution in [2.75, 3.05) is 27.2 Å². The molecular formula is C15H21ClN2O2. The van der Waals surface area contributed by atoms with Crippen LogP contribution in [0.25, 0.3) is 0 Å². The molecule has 110 valence electrons. The van der Waals surface area contributed by atoms with Gasteiger partial charge in [0, 0.05) is 43.1 Å². The molecule has 5 heteroatoms. The van der Waals surface area contributed by atoms with Gasteiger partial charge in [0.25, 0.3) is 0 Å². The van der Waals surface area contributed by atoms with Gasteiger partial charge in [0.05, 0.1) is 6.61 Å². The molecule has 2 rings (SSSR count). The number of nitrogens with zero attached hydrogens (tertiary/aromatic N) is 1. The van der Waals surface area contributed by atoms with Crippen LogP contribution < -0.4 is 10.1 Å². The minimum absolute atomic E-state index is 0.0434. The van der Waals surface area contributed by atoms with E-state index < -0.39 is 0 Å². The van der Waals surface area contributed by atoms with Crippen molar-refractivity contribution in [3.63, 3.8) is 0 Å². The predicted molar refractivity (Wildman–Crippen MR) is 80.2 cm³/mol. The van der Waals surface area contributed by atoms with E-state index in [1.54, 1.807) is 7.05 Å². The lowest BCUT2D eigenvalue weighted by Crippen LogP contribution is -2.34. The van der Waals surface area contributed by atoms with Crippen LogP contribution >= 0.6 is 11.6 Å². The van der Waals surface area contributed by atoms with Crippen LogP contribution in [0, 0.1) is 5.92 Å². The highest BCUT2D eigenvalue weighted by molar-refractivity contribution is 6.30. The lowest BCUT2D eigenvalue weighted by molar-refractivity contribution is -0.124. The second kappa shape index (κ2) is 6.46. The third kappa shape index (κ3) is 3.44. The Bertz CT molecular complexity index is 505. The first-order valence-corrected chi connectivity index (χ1v) is 7.23. The van der Waals surface area contributed by atoms with Gasteiger partial charge < -0.3 is 15.0 Å². The second-order valence-corrected chi connectivity index (χ2v) is 5.80. The summed E-state index contributed by atoms with van der Waals surface area (Å²) in [7, 11) is 3.66. The van der Waals surface area contributed by atoms with Gasteiger partial charge in [0.2, 0.25) is 5.91 Å². The zero-order valence-electron chi connectivity index (χ0n) is 12.2. The molecule has 1 aromatic carbocycles. The van der Waals surface area contributed by atoms with Crippen LogP contribution in [0.2, 0.25) is 5.02 Å². The fourth-order valence-corrected chi connectivity index (χ4v) is 2.88. The number of carbonyl (C=O) groups excluding carboxylic acids is 1. The molecule has 0 saturated carbocycles. The Morgan fingerprint density at radius 3 is 3.00 bits per heavy atom. The van der Waals surface area contributed by atoms with Crippen molar-refractivity contribution >= 4 is 17.5 Å². The van der Waals surface area contributed by atoms with E-state index >= 15 is 0 Å². The molecule has 0 radical (unpaired) electrons. The number of hydrogen-bond acceptors (Lipinski definition) is 3. The van der Waals surface area contributed by atoms with E-state index in [1.807, 2.05) is 26.1 Å². The smallest absolute Gasteiger partial charge is 0.223 e. The summed E-state index contributed by atoms with van der Waals surface area (Å²) in [5.74, 6) is 0.983. The summed E-state index contributed by atoms with van der Waals surface area (Å²) in [5, 5.41) is 3.42. The number of carbonyl (C=O) groups is 1. The molecule has 4 nitrogen and oxygen atoms in total. The Balaban J connectivity index is 2.05. The van der Waals surface area contributed by atoms with Gasteiger partial charge in [-0.25, -0.2) is 0 Å². The van der Waals surface area contributed by atoms with Crippen LogP contribution in [-0.4, -0.2) is 38.1 Å². The average molecular weight is 297 g/mol. The van der Waals surface area contributed by atoms with Gasteiger partial charge >= 0.3 is 0 Å². The van der Waals surface area contributed by atoms with E-state index in [1.165, 1.54) is 5.56 Å². The van der Waals surface area contributed by atoms with Crippen LogP contribution in [0.3, 0.4) is 0 Å². The molecule has 1 heterocycles. The maximum Gasteiger partial charge on any atom is 0.223 e. The quantitative estimate of drug-likeness (QED) is 0.904. The van der Waals surface area contributed by atoms with Crippen LogP contribution in [-0.2, 0) is 17.8 Å². The van der Waals surface area contributed by atoms with E-state index in [4.69, 9.17) is 16.3 Å². The van der Waals surface area contributed by atoms with E-state index in [-0.39, 0.29) is 11.8 Å². The maximum absolute atomic E-state index is 11.6. The Labute approximate surface area is 125 Å². The van der Waals surface area contributed by atoms with Gasteiger partial charge in [-0.3, -0.25) is 4.79 Å². The average Bonchev–Trinajstić information content (AvgIpc) is 2.85. The molecule has 0 aliphatic carbocycles. The van der Waals surface area contributed by atoms with Crippen molar-refractivity contribution in [2.24, 2.45) is 5.92 Å². The third-order valence-corrected chi connectivity index (χ3v) is 3.76. The molecule has 1 amide bonds.